The van der Waals surface area contributed by atoms with Gasteiger partial charge < -0.3 is 14.6 Å². The van der Waals surface area contributed by atoms with Crippen molar-refractivity contribution in [1.82, 2.24) is 4.90 Å². The summed E-state index contributed by atoms with van der Waals surface area (Å²) in [6, 6.07) is 11.2. The molecule has 1 aliphatic rings. The van der Waals surface area contributed by atoms with Crippen molar-refractivity contribution in [3.05, 3.63) is 60.1 Å². The number of hydrogen-bond acceptors (Lipinski definition) is 3. The first-order chi connectivity index (χ1) is 9.25. The van der Waals surface area contributed by atoms with Crippen molar-refractivity contribution < 1.29 is 9.21 Å². The normalized spacial score (nSPS) is 18.5. The zero-order valence-electron chi connectivity index (χ0n) is 10.5. The maximum absolute atomic E-state index is 12.2. The van der Waals surface area contributed by atoms with Crippen molar-refractivity contribution in [3.8, 4) is 0 Å². The SMILES string of the molecule is CN1C(=O)c2ccccc2NC1/C=C/c1ccco1. The molecule has 1 atom stereocenters. The summed E-state index contributed by atoms with van der Waals surface area (Å²) in [6.45, 7) is 0. The number of anilines is 1. The van der Waals surface area contributed by atoms with Gasteiger partial charge in [-0.3, -0.25) is 4.79 Å². The van der Waals surface area contributed by atoms with Gasteiger partial charge in [0.25, 0.3) is 5.91 Å². The van der Waals surface area contributed by atoms with Crippen LogP contribution in [-0.4, -0.2) is 24.0 Å². The lowest BCUT2D eigenvalue weighted by Crippen LogP contribution is -2.45. The Kier molecular flexibility index (Phi) is 2.83. The highest BCUT2D eigenvalue weighted by Gasteiger charge is 2.26. The van der Waals surface area contributed by atoms with Crippen molar-refractivity contribution in [2.75, 3.05) is 12.4 Å². The smallest absolute Gasteiger partial charge is 0.257 e. The Bertz CT molecular complexity index is 617. The van der Waals surface area contributed by atoms with E-state index in [1.165, 1.54) is 0 Å². The number of carbonyl (C=O) groups is 1. The molecular weight excluding hydrogens is 240 g/mol. The predicted octanol–water partition coefficient (Wildman–Crippen LogP) is 2.82. The quantitative estimate of drug-likeness (QED) is 0.896. The van der Waals surface area contributed by atoms with Crippen LogP contribution in [0.1, 0.15) is 16.1 Å². The molecule has 0 aliphatic carbocycles. The van der Waals surface area contributed by atoms with Gasteiger partial charge in [0, 0.05) is 12.7 Å². The number of nitrogens with zero attached hydrogens (tertiary/aromatic N) is 1. The molecule has 1 N–H and O–H groups in total. The zero-order chi connectivity index (χ0) is 13.2. The highest BCUT2D eigenvalue weighted by molar-refractivity contribution is 6.01. The summed E-state index contributed by atoms with van der Waals surface area (Å²) in [5.41, 5.74) is 1.56. The lowest BCUT2D eigenvalue weighted by Gasteiger charge is -2.33. The second kappa shape index (κ2) is 4.65. The second-order valence-corrected chi connectivity index (χ2v) is 4.43. The molecule has 19 heavy (non-hydrogen) atoms. The van der Waals surface area contributed by atoms with Gasteiger partial charge in [0.2, 0.25) is 0 Å². The van der Waals surface area contributed by atoms with Crippen LogP contribution in [0.3, 0.4) is 0 Å². The summed E-state index contributed by atoms with van der Waals surface area (Å²) in [5, 5.41) is 3.32. The molecule has 0 spiro atoms. The first-order valence-corrected chi connectivity index (χ1v) is 6.10. The highest BCUT2D eigenvalue weighted by Crippen LogP contribution is 2.24. The third-order valence-corrected chi connectivity index (χ3v) is 3.18. The molecular formula is C15H14N2O2. The van der Waals surface area contributed by atoms with E-state index in [4.69, 9.17) is 4.42 Å². The molecule has 2 aromatic rings. The number of carbonyl (C=O) groups excluding carboxylic acids is 1. The zero-order valence-corrected chi connectivity index (χ0v) is 10.5. The monoisotopic (exact) mass is 254 g/mol. The Morgan fingerprint density at radius 2 is 2.11 bits per heavy atom. The van der Waals surface area contributed by atoms with E-state index in [1.54, 1.807) is 18.2 Å². The van der Waals surface area contributed by atoms with Gasteiger partial charge in [-0.05, 0) is 36.4 Å². The van der Waals surface area contributed by atoms with E-state index in [1.807, 2.05) is 48.6 Å². The number of likely N-dealkylation sites (N-methyl/N-ethyl adjacent to an activating group) is 1. The fourth-order valence-corrected chi connectivity index (χ4v) is 2.12. The van der Waals surface area contributed by atoms with E-state index in [9.17, 15) is 4.79 Å². The van der Waals surface area contributed by atoms with Crippen LogP contribution >= 0.6 is 0 Å². The molecule has 1 unspecified atom stereocenters. The second-order valence-electron chi connectivity index (χ2n) is 4.43. The van der Waals surface area contributed by atoms with Crippen LogP contribution in [0.2, 0.25) is 0 Å². The van der Waals surface area contributed by atoms with Gasteiger partial charge in [-0.1, -0.05) is 12.1 Å². The average Bonchev–Trinajstić information content (AvgIpc) is 2.94. The van der Waals surface area contributed by atoms with Crippen LogP contribution in [-0.2, 0) is 0 Å². The summed E-state index contributed by atoms with van der Waals surface area (Å²) >= 11 is 0. The number of fused-ring (bicyclic) bond motifs is 1. The number of rotatable bonds is 2. The third kappa shape index (κ3) is 2.12. The van der Waals surface area contributed by atoms with Gasteiger partial charge in [-0.25, -0.2) is 0 Å². The minimum absolute atomic E-state index is 0.0171. The first-order valence-electron chi connectivity index (χ1n) is 6.10. The molecule has 0 saturated heterocycles. The Hall–Kier alpha value is -2.49. The Balaban J connectivity index is 1.87. The molecule has 4 nitrogen and oxygen atoms in total. The van der Waals surface area contributed by atoms with Crippen LogP contribution in [0.4, 0.5) is 5.69 Å². The number of para-hydroxylation sites is 1. The van der Waals surface area contributed by atoms with Crippen molar-refractivity contribution >= 4 is 17.7 Å². The van der Waals surface area contributed by atoms with Gasteiger partial charge >= 0.3 is 0 Å². The predicted molar refractivity (Wildman–Crippen MR) is 73.7 cm³/mol. The van der Waals surface area contributed by atoms with Gasteiger partial charge in [0.05, 0.1) is 11.8 Å². The van der Waals surface area contributed by atoms with Crippen LogP contribution in [0.5, 0.6) is 0 Å². The first kappa shape index (κ1) is 11.6. The van der Waals surface area contributed by atoms with Crippen LogP contribution in [0.15, 0.2) is 53.2 Å². The molecule has 2 heterocycles. The number of furan rings is 1. The maximum Gasteiger partial charge on any atom is 0.257 e. The summed E-state index contributed by atoms with van der Waals surface area (Å²) in [5.74, 6) is 0.782. The third-order valence-electron chi connectivity index (χ3n) is 3.18. The summed E-state index contributed by atoms with van der Waals surface area (Å²) in [4.78, 5) is 13.9. The summed E-state index contributed by atoms with van der Waals surface area (Å²) in [7, 11) is 1.78. The molecule has 1 amide bonds. The minimum atomic E-state index is -0.174. The Labute approximate surface area is 111 Å². The lowest BCUT2D eigenvalue weighted by molar-refractivity contribution is 0.0763. The fraction of sp³-hybridized carbons (Fsp3) is 0.133. The van der Waals surface area contributed by atoms with Gasteiger partial charge in [0.15, 0.2) is 0 Å². The largest absolute Gasteiger partial charge is 0.465 e. The van der Waals surface area contributed by atoms with E-state index in [2.05, 4.69) is 5.32 Å². The maximum atomic E-state index is 12.2. The van der Waals surface area contributed by atoms with E-state index >= 15 is 0 Å². The van der Waals surface area contributed by atoms with Crippen LogP contribution in [0, 0.1) is 0 Å². The van der Waals surface area contributed by atoms with E-state index in [-0.39, 0.29) is 12.1 Å². The fourth-order valence-electron chi connectivity index (χ4n) is 2.12. The van der Waals surface area contributed by atoms with E-state index in [0.29, 0.717) is 5.56 Å². The number of nitrogens with one attached hydrogen (secondary N) is 1. The molecule has 0 saturated carbocycles. The number of benzene rings is 1. The van der Waals surface area contributed by atoms with E-state index < -0.39 is 0 Å². The van der Waals surface area contributed by atoms with E-state index in [0.717, 1.165) is 11.4 Å². The van der Waals surface area contributed by atoms with Crippen LogP contribution in [0.25, 0.3) is 6.08 Å². The van der Waals surface area contributed by atoms with Crippen LogP contribution < -0.4 is 5.32 Å². The number of amides is 1. The van der Waals surface area contributed by atoms with Gasteiger partial charge in [0.1, 0.15) is 11.9 Å². The Morgan fingerprint density at radius 1 is 1.26 bits per heavy atom. The summed E-state index contributed by atoms with van der Waals surface area (Å²) < 4.78 is 5.24. The molecule has 0 fully saturated rings. The summed E-state index contributed by atoms with van der Waals surface area (Å²) in [6.07, 6.45) is 5.22. The highest BCUT2D eigenvalue weighted by atomic mass is 16.3. The van der Waals surface area contributed by atoms with Gasteiger partial charge in [-0.2, -0.15) is 0 Å². The van der Waals surface area contributed by atoms with Gasteiger partial charge in [-0.15, -0.1) is 0 Å². The molecule has 0 radical (unpaired) electrons. The number of hydrogen-bond donors (Lipinski definition) is 1. The van der Waals surface area contributed by atoms with Crippen molar-refractivity contribution in [3.63, 3.8) is 0 Å². The molecule has 0 bridgehead atoms. The molecule has 1 aromatic carbocycles. The molecule has 3 rings (SSSR count). The molecule has 96 valence electrons. The minimum Gasteiger partial charge on any atom is -0.465 e. The molecule has 4 heteroatoms. The molecule has 1 aromatic heterocycles. The average molecular weight is 254 g/mol. The molecule has 1 aliphatic heterocycles. The standard InChI is InChI=1S/C15H14N2O2/c1-17-14(9-8-11-5-4-10-19-11)16-13-7-3-2-6-12(13)15(17)18/h2-10,14,16H,1H3/b9-8+. The topological polar surface area (TPSA) is 45.5 Å². The lowest BCUT2D eigenvalue weighted by atomic mass is 10.1. The van der Waals surface area contributed by atoms with Crippen molar-refractivity contribution in [2.45, 2.75) is 6.17 Å². The van der Waals surface area contributed by atoms with Crippen molar-refractivity contribution in [1.29, 1.82) is 0 Å². The van der Waals surface area contributed by atoms with Crippen molar-refractivity contribution in [2.24, 2.45) is 0 Å². The Morgan fingerprint density at radius 3 is 2.89 bits per heavy atom.